The van der Waals surface area contributed by atoms with Crippen molar-refractivity contribution in [2.24, 2.45) is 0 Å². The van der Waals surface area contributed by atoms with Crippen LogP contribution in [0, 0.1) is 6.92 Å². The average Bonchev–Trinajstić information content (AvgIpc) is 3.34. The minimum Gasteiger partial charge on any atom is -0.481 e. The Labute approximate surface area is 167 Å². The Balaban J connectivity index is 1.69. The second-order valence-electron chi connectivity index (χ2n) is 6.92. The van der Waals surface area contributed by atoms with Crippen molar-refractivity contribution >= 4 is 11.9 Å². The Morgan fingerprint density at radius 3 is 2.69 bits per heavy atom. The SMILES string of the molecule is Cc1ccc(-c2nn(-c3ccccc3)cc2C(=O)N2CCOC(CC(=O)O)C2)o1. The van der Waals surface area contributed by atoms with Crippen molar-refractivity contribution in [3.8, 4) is 17.1 Å². The van der Waals surface area contributed by atoms with Crippen LogP contribution in [-0.4, -0.2) is 57.5 Å². The summed E-state index contributed by atoms with van der Waals surface area (Å²) in [7, 11) is 0. The lowest BCUT2D eigenvalue weighted by atomic mass is 10.1. The van der Waals surface area contributed by atoms with Gasteiger partial charge in [-0.2, -0.15) is 5.10 Å². The van der Waals surface area contributed by atoms with Crippen molar-refractivity contribution in [2.75, 3.05) is 19.7 Å². The van der Waals surface area contributed by atoms with E-state index < -0.39 is 12.1 Å². The average molecular weight is 395 g/mol. The second kappa shape index (κ2) is 7.92. The molecule has 8 heteroatoms. The third kappa shape index (κ3) is 4.07. The Morgan fingerprint density at radius 2 is 2.00 bits per heavy atom. The number of hydrogen-bond acceptors (Lipinski definition) is 5. The number of para-hydroxylation sites is 1. The number of benzene rings is 1. The molecule has 1 unspecified atom stereocenters. The summed E-state index contributed by atoms with van der Waals surface area (Å²) in [5.41, 5.74) is 1.68. The molecule has 0 spiro atoms. The van der Waals surface area contributed by atoms with Gasteiger partial charge in [-0.15, -0.1) is 0 Å². The van der Waals surface area contributed by atoms with Gasteiger partial charge in [0.1, 0.15) is 11.5 Å². The van der Waals surface area contributed by atoms with Crippen LogP contribution in [0.3, 0.4) is 0 Å². The molecular formula is C21H21N3O5. The molecule has 1 aliphatic heterocycles. The lowest BCUT2D eigenvalue weighted by molar-refractivity contribution is -0.141. The topological polar surface area (TPSA) is 97.8 Å². The maximum absolute atomic E-state index is 13.3. The number of carbonyl (C=O) groups is 2. The number of aromatic nitrogens is 2. The smallest absolute Gasteiger partial charge is 0.306 e. The molecule has 1 N–H and O–H groups in total. The number of amides is 1. The molecule has 29 heavy (non-hydrogen) atoms. The number of rotatable bonds is 5. The molecule has 8 nitrogen and oxygen atoms in total. The van der Waals surface area contributed by atoms with Gasteiger partial charge in [0, 0.05) is 19.3 Å². The summed E-state index contributed by atoms with van der Waals surface area (Å²) in [6, 6.07) is 13.1. The summed E-state index contributed by atoms with van der Waals surface area (Å²) in [5.74, 6) is 0.0549. The number of ether oxygens (including phenoxy) is 1. The maximum Gasteiger partial charge on any atom is 0.306 e. The van der Waals surface area contributed by atoms with Gasteiger partial charge < -0.3 is 19.2 Å². The van der Waals surface area contributed by atoms with Crippen LogP contribution in [0.4, 0.5) is 0 Å². The van der Waals surface area contributed by atoms with E-state index in [1.807, 2.05) is 43.3 Å². The number of furan rings is 1. The first-order valence-electron chi connectivity index (χ1n) is 9.36. The Hall–Kier alpha value is -3.39. The predicted molar refractivity (Wildman–Crippen MR) is 104 cm³/mol. The van der Waals surface area contributed by atoms with Crippen LogP contribution < -0.4 is 0 Å². The van der Waals surface area contributed by atoms with E-state index in [4.69, 9.17) is 14.3 Å². The highest BCUT2D eigenvalue weighted by Gasteiger charge is 2.30. The molecule has 1 aliphatic rings. The molecular weight excluding hydrogens is 374 g/mol. The third-order valence-electron chi connectivity index (χ3n) is 4.77. The monoisotopic (exact) mass is 395 g/mol. The van der Waals surface area contributed by atoms with Gasteiger partial charge in [0.05, 0.1) is 30.4 Å². The molecule has 4 rings (SSSR count). The fourth-order valence-electron chi connectivity index (χ4n) is 3.38. The van der Waals surface area contributed by atoms with Gasteiger partial charge in [-0.05, 0) is 31.2 Å². The molecule has 3 heterocycles. The third-order valence-corrected chi connectivity index (χ3v) is 4.77. The number of aryl methyl sites for hydroxylation is 1. The van der Waals surface area contributed by atoms with Gasteiger partial charge in [0.15, 0.2) is 5.76 Å². The first-order chi connectivity index (χ1) is 14.0. The molecule has 0 aliphatic carbocycles. The molecule has 0 saturated carbocycles. The largest absolute Gasteiger partial charge is 0.481 e. The predicted octanol–water partition coefficient (Wildman–Crippen LogP) is 2.76. The number of hydrogen-bond donors (Lipinski definition) is 1. The van der Waals surface area contributed by atoms with Crippen LogP contribution in [0.15, 0.2) is 53.1 Å². The second-order valence-corrected chi connectivity index (χ2v) is 6.92. The van der Waals surface area contributed by atoms with Gasteiger partial charge in [-0.25, -0.2) is 4.68 Å². The molecule has 1 aromatic carbocycles. The van der Waals surface area contributed by atoms with Crippen LogP contribution in [-0.2, 0) is 9.53 Å². The number of nitrogens with zero attached hydrogens (tertiary/aromatic N) is 3. The molecule has 3 aromatic rings. The van der Waals surface area contributed by atoms with Gasteiger partial charge in [-0.1, -0.05) is 18.2 Å². The number of aliphatic carboxylic acids is 1. The summed E-state index contributed by atoms with van der Waals surface area (Å²) in [6.07, 6.45) is 1.02. The normalized spacial score (nSPS) is 16.7. The molecule has 0 radical (unpaired) electrons. The van der Waals surface area contributed by atoms with Gasteiger partial charge in [-0.3, -0.25) is 9.59 Å². The van der Waals surface area contributed by atoms with Crippen molar-refractivity contribution in [3.05, 3.63) is 60.0 Å². The Bertz CT molecular complexity index is 1020. The van der Waals surface area contributed by atoms with E-state index in [-0.39, 0.29) is 18.9 Å². The van der Waals surface area contributed by atoms with Gasteiger partial charge in [0.25, 0.3) is 5.91 Å². The molecule has 2 aromatic heterocycles. The van der Waals surface area contributed by atoms with E-state index in [0.29, 0.717) is 30.2 Å². The van der Waals surface area contributed by atoms with E-state index in [1.54, 1.807) is 21.8 Å². The number of carboxylic acid groups (broad SMARTS) is 1. The number of morpholine rings is 1. The Morgan fingerprint density at radius 1 is 1.21 bits per heavy atom. The molecule has 150 valence electrons. The van der Waals surface area contributed by atoms with Crippen LogP contribution in [0.25, 0.3) is 17.1 Å². The van der Waals surface area contributed by atoms with E-state index >= 15 is 0 Å². The fourth-order valence-corrected chi connectivity index (χ4v) is 3.38. The first kappa shape index (κ1) is 18.9. The van der Waals surface area contributed by atoms with Gasteiger partial charge in [0.2, 0.25) is 0 Å². The molecule has 0 bridgehead atoms. The highest BCUT2D eigenvalue weighted by molar-refractivity contribution is 5.99. The van der Waals surface area contributed by atoms with E-state index in [0.717, 1.165) is 11.4 Å². The summed E-state index contributed by atoms with van der Waals surface area (Å²) in [4.78, 5) is 25.9. The van der Waals surface area contributed by atoms with Crippen molar-refractivity contribution < 1.29 is 23.8 Å². The first-order valence-corrected chi connectivity index (χ1v) is 9.36. The zero-order chi connectivity index (χ0) is 20.4. The lowest BCUT2D eigenvalue weighted by Gasteiger charge is -2.32. The van der Waals surface area contributed by atoms with Crippen molar-refractivity contribution in [3.63, 3.8) is 0 Å². The highest BCUT2D eigenvalue weighted by atomic mass is 16.5. The number of carboxylic acids is 1. The van der Waals surface area contributed by atoms with E-state index in [9.17, 15) is 9.59 Å². The minimum atomic E-state index is -0.951. The zero-order valence-corrected chi connectivity index (χ0v) is 15.9. The van der Waals surface area contributed by atoms with E-state index in [1.165, 1.54) is 0 Å². The van der Waals surface area contributed by atoms with Gasteiger partial charge >= 0.3 is 5.97 Å². The molecule has 1 amide bonds. The quantitative estimate of drug-likeness (QED) is 0.713. The van der Waals surface area contributed by atoms with Crippen LogP contribution in [0.5, 0.6) is 0 Å². The number of carbonyl (C=O) groups excluding carboxylic acids is 1. The summed E-state index contributed by atoms with van der Waals surface area (Å²) in [5, 5.41) is 13.6. The molecule has 1 fully saturated rings. The highest BCUT2D eigenvalue weighted by Crippen LogP contribution is 2.27. The van der Waals surface area contributed by atoms with Crippen molar-refractivity contribution in [1.82, 2.24) is 14.7 Å². The van der Waals surface area contributed by atoms with Crippen molar-refractivity contribution in [2.45, 2.75) is 19.4 Å². The van der Waals surface area contributed by atoms with Crippen molar-refractivity contribution in [1.29, 1.82) is 0 Å². The minimum absolute atomic E-state index is 0.142. The summed E-state index contributed by atoms with van der Waals surface area (Å²) < 4.78 is 12.9. The van der Waals surface area contributed by atoms with Crippen LogP contribution >= 0.6 is 0 Å². The summed E-state index contributed by atoms with van der Waals surface area (Å²) >= 11 is 0. The zero-order valence-electron chi connectivity index (χ0n) is 15.9. The summed E-state index contributed by atoms with van der Waals surface area (Å²) in [6.45, 7) is 2.74. The molecule has 1 atom stereocenters. The maximum atomic E-state index is 13.3. The Kier molecular flexibility index (Phi) is 5.18. The fraction of sp³-hybridized carbons (Fsp3) is 0.286. The lowest BCUT2D eigenvalue weighted by Crippen LogP contribution is -2.46. The van der Waals surface area contributed by atoms with E-state index in [2.05, 4.69) is 5.10 Å². The molecule has 1 saturated heterocycles. The van der Waals surface area contributed by atoms with Crippen LogP contribution in [0.2, 0.25) is 0 Å². The standard InChI is InChI=1S/C21H21N3O5/c1-14-7-8-18(29-14)20-17(13-24(22-20)15-5-3-2-4-6-15)21(27)23-9-10-28-16(12-23)11-19(25)26/h2-8,13,16H,9-12H2,1H3,(H,25,26). The van der Waals surface area contributed by atoms with Crippen LogP contribution in [0.1, 0.15) is 22.5 Å².